The number of halogens is 3. The second-order valence-corrected chi connectivity index (χ2v) is 6.87. The summed E-state index contributed by atoms with van der Waals surface area (Å²) >= 11 is 0. The van der Waals surface area contributed by atoms with E-state index in [2.05, 4.69) is 15.6 Å². The van der Waals surface area contributed by atoms with Crippen LogP contribution in [0.2, 0.25) is 0 Å². The van der Waals surface area contributed by atoms with Gasteiger partial charge in [0.15, 0.2) is 6.61 Å². The highest BCUT2D eigenvalue weighted by Crippen LogP contribution is 2.32. The number of hydrogen-bond donors (Lipinski definition) is 2. The lowest BCUT2D eigenvalue weighted by Crippen LogP contribution is -2.21. The van der Waals surface area contributed by atoms with Crippen molar-refractivity contribution in [3.05, 3.63) is 82.0 Å². The van der Waals surface area contributed by atoms with Gasteiger partial charge in [-0.2, -0.15) is 13.2 Å². The molecule has 0 fully saturated rings. The second kappa shape index (κ2) is 10.5. The Balaban J connectivity index is 1.69. The summed E-state index contributed by atoms with van der Waals surface area (Å²) < 4.78 is 48.9. The zero-order valence-corrected chi connectivity index (χ0v) is 18.0. The summed E-state index contributed by atoms with van der Waals surface area (Å²) in [5, 5.41) is 15.9. The Morgan fingerprint density at radius 2 is 1.89 bits per heavy atom. The minimum atomic E-state index is -4.56. The van der Waals surface area contributed by atoms with Gasteiger partial charge in [-0.05, 0) is 36.4 Å². The van der Waals surface area contributed by atoms with Gasteiger partial charge in [-0.1, -0.05) is 6.07 Å². The van der Waals surface area contributed by atoms with E-state index in [-0.39, 0.29) is 34.2 Å². The van der Waals surface area contributed by atoms with Crippen LogP contribution in [0.1, 0.15) is 15.9 Å². The number of anilines is 3. The average Bonchev–Trinajstić information content (AvgIpc) is 2.82. The van der Waals surface area contributed by atoms with Crippen LogP contribution in [0, 0.1) is 10.1 Å². The number of carbonyl (C=O) groups is 2. The van der Waals surface area contributed by atoms with Crippen LogP contribution < -0.4 is 15.4 Å². The molecule has 0 radical (unpaired) electrons. The molecule has 0 saturated carbocycles. The fraction of sp³-hybridized carbons (Fsp3) is 0.136. The van der Waals surface area contributed by atoms with Crippen LogP contribution in [0.15, 0.2) is 60.8 Å². The van der Waals surface area contributed by atoms with Gasteiger partial charge in [0, 0.05) is 24.0 Å². The van der Waals surface area contributed by atoms with Gasteiger partial charge in [-0.15, -0.1) is 0 Å². The van der Waals surface area contributed by atoms with Crippen molar-refractivity contribution in [2.75, 3.05) is 24.4 Å². The topological polar surface area (TPSA) is 133 Å². The number of rotatable bonds is 8. The summed E-state index contributed by atoms with van der Waals surface area (Å²) in [6, 6.07) is 10.6. The third-order valence-corrected chi connectivity index (χ3v) is 4.48. The van der Waals surface area contributed by atoms with E-state index in [0.717, 1.165) is 18.2 Å². The van der Waals surface area contributed by atoms with Gasteiger partial charge < -0.3 is 20.1 Å². The number of nitrogens with zero attached hydrogens (tertiary/aromatic N) is 2. The van der Waals surface area contributed by atoms with Crippen molar-refractivity contribution in [2.24, 2.45) is 0 Å². The number of aromatic nitrogens is 1. The number of pyridine rings is 1. The number of benzene rings is 2. The number of nitro groups is 1. The normalized spacial score (nSPS) is 10.9. The monoisotopic (exact) mass is 490 g/mol. The lowest BCUT2D eigenvalue weighted by Gasteiger charge is -2.13. The Bertz CT molecular complexity index is 1270. The first kappa shape index (κ1) is 25.0. The number of nitrogens with one attached hydrogen (secondary N) is 2. The zero-order valence-electron chi connectivity index (χ0n) is 18.0. The van der Waals surface area contributed by atoms with E-state index >= 15 is 0 Å². The summed E-state index contributed by atoms with van der Waals surface area (Å²) in [7, 11) is 1.30. The van der Waals surface area contributed by atoms with Gasteiger partial charge in [0.05, 0.1) is 23.3 Å². The van der Waals surface area contributed by atoms with Gasteiger partial charge in [0.2, 0.25) is 0 Å². The van der Waals surface area contributed by atoms with Crippen molar-refractivity contribution in [1.82, 2.24) is 4.98 Å². The molecule has 182 valence electrons. The maximum absolute atomic E-state index is 13.0. The Labute approximate surface area is 195 Å². The number of amides is 1. The minimum absolute atomic E-state index is 0.00368. The second-order valence-electron chi connectivity index (χ2n) is 6.87. The van der Waals surface area contributed by atoms with E-state index in [0.29, 0.717) is 0 Å². The standard InChI is InChI=1S/C22H17F3N4O6/c1-34-18-8-7-15(29(32)33)11-17(18)28-19(30)12-35-21(31)16-6-3-9-26-20(16)27-14-5-2-4-13(10-14)22(23,24)25/h2-11H,12H2,1H3,(H,26,27)(H,28,30). The van der Waals surface area contributed by atoms with E-state index in [1.165, 1.54) is 49.7 Å². The van der Waals surface area contributed by atoms with Gasteiger partial charge in [-0.3, -0.25) is 14.9 Å². The molecule has 0 bridgehead atoms. The van der Waals surface area contributed by atoms with Crippen LogP contribution in [0.4, 0.5) is 36.1 Å². The van der Waals surface area contributed by atoms with Gasteiger partial charge >= 0.3 is 12.1 Å². The Morgan fingerprint density at radius 1 is 1.11 bits per heavy atom. The van der Waals surface area contributed by atoms with Gasteiger partial charge in [0.1, 0.15) is 17.1 Å². The third kappa shape index (κ3) is 6.43. The summed E-state index contributed by atoms with van der Waals surface area (Å²) in [5.74, 6) is -1.73. The molecule has 2 aromatic carbocycles. The fourth-order valence-electron chi connectivity index (χ4n) is 2.88. The molecular formula is C22H17F3N4O6. The van der Waals surface area contributed by atoms with E-state index < -0.39 is 35.1 Å². The molecule has 0 saturated heterocycles. The Morgan fingerprint density at radius 3 is 2.57 bits per heavy atom. The molecular weight excluding hydrogens is 473 g/mol. The summed E-state index contributed by atoms with van der Waals surface area (Å²) in [6.07, 6.45) is -3.24. The first-order valence-corrected chi connectivity index (χ1v) is 9.77. The fourth-order valence-corrected chi connectivity index (χ4v) is 2.88. The molecule has 1 aromatic heterocycles. The first-order chi connectivity index (χ1) is 16.6. The van der Waals surface area contributed by atoms with Crippen LogP contribution in [-0.2, 0) is 15.7 Å². The maximum Gasteiger partial charge on any atom is 0.416 e. The predicted molar refractivity (Wildman–Crippen MR) is 118 cm³/mol. The molecule has 35 heavy (non-hydrogen) atoms. The molecule has 13 heteroatoms. The average molecular weight is 490 g/mol. The van der Waals surface area contributed by atoms with Gasteiger partial charge in [-0.25, -0.2) is 9.78 Å². The third-order valence-electron chi connectivity index (χ3n) is 4.48. The molecule has 2 N–H and O–H groups in total. The largest absolute Gasteiger partial charge is 0.495 e. The number of alkyl halides is 3. The van der Waals surface area contributed by atoms with Crippen molar-refractivity contribution < 1.29 is 37.2 Å². The van der Waals surface area contributed by atoms with Crippen LogP contribution in [0.5, 0.6) is 5.75 Å². The van der Waals surface area contributed by atoms with Crippen molar-refractivity contribution in [2.45, 2.75) is 6.18 Å². The van der Waals surface area contributed by atoms with Crippen molar-refractivity contribution in [3.8, 4) is 5.75 Å². The van der Waals surface area contributed by atoms with Crippen LogP contribution >= 0.6 is 0 Å². The number of ether oxygens (including phenoxy) is 2. The number of nitro benzene ring substituents is 1. The molecule has 0 aliphatic carbocycles. The number of esters is 1. The number of methoxy groups -OCH3 is 1. The smallest absolute Gasteiger partial charge is 0.416 e. The van der Waals surface area contributed by atoms with E-state index in [9.17, 15) is 32.9 Å². The number of carbonyl (C=O) groups excluding carboxylic acids is 2. The highest BCUT2D eigenvalue weighted by Gasteiger charge is 2.30. The van der Waals surface area contributed by atoms with Crippen LogP contribution in [-0.4, -0.2) is 35.5 Å². The molecule has 0 atom stereocenters. The summed E-state index contributed by atoms with van der Waals surface area (Å²) in [4.78, 5) is 39.0. The number of non-ortho nitro benzene ring substituents is 1. The summed E-state index contributed by atoms with van der Waals surface area (Å²) in [5.41, 5.74) is -1.29. The SMILES string of the molecule is COc1ccc([N+](=O)[O-])cc1NC(=O)COC(=O)c1cccnc1Nc1cccc(C(F)(F)F)c1. The molecule has 0 spiro atoms. The van der Waals surface area contributed by atoms with Crippen molar-refractivity contribution in [3.63, 3.8) is 0 Å². The van der Waals surface area contributed by atoms with E-state index in [1.807, 2.05) is 0 Å². The van der Waals surface area contributed by atoms with E-state index in [1.54, 1.807) is 0 Å². The highest BCUT2D eigenvalue weighted by atomic mass is 19.4. The summed E-state index contributed by atoms with van der Waals surface area (Å²) in [6.45, 7) is -0.761. The molecule has 10 nitrogen and oxygen atoms in total. The molecule has 3 aromatic rings. The maximum atomic E-state index is 13.0. The number of hydrogen-bond acceptors (Lipinski definition) is 8. The van der Waals surface area contributed by atoms with Crippen LogP contribution in [0.3, 0.4) is 0 Å². The first-order valence-electron chi connectivity index (χ1n) is 9.77. The van der Waals surface area contributed by atoms with Crippen molar-refractivity contribution >= 4 is 34.8 Å². The molecule has 0 aliphatic rings. The lowest BCUT2D eigenvalue weighted by molar-refractivity contribution is -0.384. The lowest BCUT2D eigenvalue weighted by atomic mass is 10.2. The predicted octanol–water partition coefficient (Wildman–Crippen LogP) is 4.56. The van der Waals surface area contributed by atoms with Crippen LogP contribution in [0.25, 0.3) is 0 Å². The molecule has 1 amide bonds. The Kier molecular flexibility index (Phi) is 7.49. The minimum Gasteiger partial charge on any atom is -0.495 e. The molecule has 1 heterocycles. The highest BCUT2D eigenvalue weighted by molar-refractivity contribution is 5.99. The zero-order chi connectivity index (χ0) is 25.6. The van der Waals surface area contributed by atoms with E-state index in [4.69, 9.17) is 9.47 Å². The molecule has 0 unspecified atom stereocenters. The molecule has 0 aliphatic heterocycles. The Hall–Kier alpha value is -4.68. The van der Waals surface area contributed by atoms with Crippen molar-refractivity contribution in [1.29, 1.82) is 0 Å². The van der Waals surface area contributed by atoms with Gasteiger partial charge in [0.25, 0.3) is 11.6 Å². The molecule has 3 rings (SSSR count). The quantitative estimate of drug-likeness (QED) is 0.267.